The predicted molar refractivity (Wildman–Crippen MR) is 58.7 cm³/mol. The van der Waals surface area contributed by atoms with Gasteiger partial charge < -0.3 is 10.2 Å². The van der Waals surface area contributed by atoms with Gasteiger partial charge in [-0.15, -0.1) is 0 Å². The molecule has 1 heterocycles. The van der Waals surface area contributed by atoms with Gasteiger partial charge in [0.1, 0.15) is 11.3 Å². The van der Waals surface area contributed by atoms with Gasteiger partial charge in [0.25, 0.3) is 0 Å². The third-order valence-electron chi connectivity index (χ3n) is 2.35. The van der Waals surface area contributed by atoms with Crippen molar-refractivity contribution in [2.75, 3.05) is 6.54 Å². The summed E-state index contributed by atoms with van der Waals surface area (Å²) in [5.74, 6) is 0.938. The van der Waals surface area contributed by atoms with Crippen LogP contribution in [0.3, 0.4) is 0 Å². The zero-order chi connectivity index (χ0) is 10.1. The van der Waals surface area contributed by atoms with Crippen molar-refractivity contribution in [2.45, 2.75) is 13.3 Å². The average molecular weight is 210 g/mol. The summed E-state index contributed by atoms with van der Waals surface area (Å²) < 4.78 is 5.59. The first-order chi connectivity index (χ1) is 6.72. The molecule has 2 rings (SSSR count). The lowest BCUT2D eigenvalue weighted by molar-refractivity contribution is 0.572. The normalized spacial score (nSPS) is 11.1. The molecule has 1 aromatic heterocycles. The highest BCUT2D eigenvalue weighted by Crippen LogP contribution is 2.28. The van der Waals surface area contributed by atoms with Gasteiger partial charge >= 0.3 is 0 Å². The van der Waals surface area contributed by atoms with Crippen LogP contribution in [0.5, 0.6) is 0 Å². The number of fused-ring (bicyclic) bond motifs is 1. The van der Waals surface area contributed by atoms with Crippen LogP contribution in [0.15, 0.2) is 22.6 Å². The molecule has 0 amide bonds. The van der Waals surface area contributed by atoms with Gasteiger partial charge in [-0.2, -0.15) is 0 Å². The Morgan fingerprint density at radius 2 is 2.21 bits per heavy atom. The topological polar surface area (TPSA) is 39.2 Å². The van der Waals surface area contributed by atoms with Crippen LogP contribution < -0.4 is 5.73 Å². The molecular weight excluding hydrogens is 198 g/mol. The Kier molecular flexibility index (Phi) is 2.48. The molecule has 74 valence electrons. The first-order valence-electron chi connectivity index (χ1n) is 4.60. The van der Waals surface area contributed by atoms with Gasteiger partial charge in [-0.1, -0.05) is 11.6 Å². The van der Waals surface area contributed by atoms with Crippen LogP contribution in [0.25, 0.3) is 11.0 Å². The van der Waals surface area contributed by atoms with Crippen molar-refractivity contribution in [1.29, 1.82) is 0 Å². The number of aryl methyl sites for hydroxylation is 1. The Labute approximate surface area is 87.6 Å². The van der Waals surface area contributed by atoms with Gasteiger partial charge in [-0.3, -0.25) is 0 Å². The summed E-state index contributed by atoms with van der Waals surface area (Å²) in [6.45, 7) is 2.58. The van der Waals surface area contributed by atoms with Crippen LogP contribution in [0.1, 0.15) is 11.3 Å². The largest absolute Gasteiger partial charge is 0.461 e. The molecule has 0 fully saturated rings. The summed E-state index contributed by atoms with van der Waals surface area (Å²) in [7, 11) is 0. The maximum absolute atomic E-state index is 5.93. The predicted octanol–water partition coefficient (Wildman–Crippen LogP) is 2.90. The van der Waals surface area contributed by atoms with E-state index in [0.29, 0.717) is 6.54 Å². The summed E-state index contributed by atoms with van der Waals surface area (Å²) >= 11 is 5.93. The molecule has 1 aromatic carbocycles. The minimum Gasteiger partial charge on any atom is -0.461 e. The molecule has 0 unspecified atom stereocenters. The molecule has 0 atom stereocenters. The molecular formula is C11H12ClNO. The van der Waals surface area contributed by atoms with Crippen LogP contribution in [0.2, 0.25) is 5.02 Å². The maximum atomic E-state index is 5.93. The summed E-state index contributed by atoms with van der Waals surface area (Å²) in [6.07, 6.45) is 0.833. The Balaban J connectivity index is 2.66. The molecule has 0 radical (unpaired) electrons. The number of rotatable bonds is 2. The molecule has 2 nitrogen and oxygen atoms in total. The fourth-order valence-electron chi connectivity index (χ4n) is 1.70. The smallest absolute Gasteiger partial charge is 0.134 e. The van der Waals surface area contributed by atoms with Crippen molar-refractivity contribution in [1.82, 2.24) is 0 Å². The van der Waals surface area contributed by atoms with Crippen LogP contribution in [0, 0.1) is 6.92 Å². The standard InChI is InChI=1S/C11H12ClNO/c1-7-9(4-5-13)10-6-8(12)2-3-11(10)14-7/h2-3,6H,4-5,13H2,1H3. The number of hydrogen-bond acceptors (Lipinski definition) is 2. The van der Waals surface area contributed by atoms with Crippen molar-refractivity contribution in [3.63, 3.8) is 0 Å². The second-order valence-corrected chi connectivity index (χ2v) is 3.75. The van der Waals surface area contributed by atoms with Crippen molar-refractivity contribution >= 4 is 22.6 Å². The van der Waals surface area contributed by atoms with Gasteiger partial charge in [0.05, 0.1) is 0 Å². The monoisotopic (exact) mass is 209 g/mol. The van der Waals surface area contributed by atoms with Crippen LogP contribution in [0.4, 0.5) is 0 Å². The second kappa shape index (κ2) is 3.64. The number of halogens is 1. The van der Waals surface area contributed by atoms with E-state index in [2.05, 4.69) is 0 Å². The van der Waals surface area contributed by atoms with Gasteiger partial charge in [0.15, 0.2) is 0 Å². The summed E-state index contributed by atoms with van der Waals surface area (Å²) in [5.41, 5.74) is 7.60. The van der Waals surface area contributed by atoms with Crippen molar-refractivity contribution < 1.29 is 4.42 Å². The Morgan fingerprint density at radius 1 is 1.43 bits per heavy atom. The molecule has 0 spiro atoms. The molecule has 0 aliphatic rings. The van der Waals surface area contributed by atoms with Crippen molar-refractivity contribution in [3.8, 4) is 0 Å². The summed E-state index contributed by atoms with van der Waals surface area (Å²) in [5, 5.41) is 1.82. The minimum atomic E-state index is 0.627. The number of hydrogen-bond donors (Lipinski definition) is 1. The lowest BCUT2D eigenvalue weighted by Gasteiger charge is -1.96. The van der Waals surface area contributed by atoms with E-state index < -0.39 is 0 Å². The maximum Gasteiger partial charge on any atom is 0.134 e. The van der Waals surface area contributed by atoms with E-state index in [1.165, 1.54) is 5.56 Å². The average Bonchev–Trinajstić information content (AvgIpc) is 2.45. The third kappa shape index (κ3) is 1.51. The number of furan rings is 1. The van der Waals surface area contributed by atoms with Crippen LogP contribution >= 0.6 is 11.6 Å². The molecule has 2 aromatic rings. The molecule has 14 heavy (non-hydrogen) atoms. The fraction of sp³-hybridized carbons (Fsp3) is 0.273. The minimum absolute atomic E-state index is 0.627. The van der Waals surface area contributed by atoms with E-state index in [1.54, 1.807) is 0 Å². The van der Waals surface area contributed by atoms with Crippen molar-refractivity contribution in [2.24, 2.45) is 5.73 Å². The first-order valence-corrected chi connectivity index (χ1v) is 4.98. The van der Waals surface area contributed by atoms with E-state index in [4.69, 9.17) is 21.8 Å². The highest BCUT2D eigenvalue weighted by Gasteiger charge is 2.09. The first kappa shape index (κ1) is 9.56. The van der Waals surface area contributed by atoms with Gasteiger partial charge in [-0.05, 0) is 38.1 Å². The molecule has 0 saturated heterocycles. The van der Waals surface area contributed by atoms with E-state index >= 15 is 0 Å². The van der Waals surface area contributed by atoms with Gasteiger partial charge in [0.2, 0.25) is 0 Å². The van der Waals surface area contributed by atoms with Crippen LogP contribution in [-0.4, -0.2) is 6.54 Å². The molecule has 0 bridgehead atoms. The van der Waals surface area contributed by atoms with E-state index in [-0.39, 0.29) is 0 Å². The molecule has 0 aliphatic carbocycles. The lowest BCUT2D eigenvalue weighted by Crippen LogP contribution is -2.02. The van der Waals surface area contributed by atoms with Crippen LogP contribution in [-0.2, 0) is 6.42 Å². The third-order valence-corrected chi connectivity index (χ3v) is 2.58. The van der Waals surface area contributed by atoms with Gasteiger partial charge in [-0.25, -0.2) is 0 Å². The molecule has 0 aliphatic heterocycles. The lowest BCUT2D eigenvalue weighted by atomic mass is 10.1. The zero-order valence-electron chi connectivity index (χ0n) is 8.01. The molecule has 0 saturated carbocycles. The Hall–Kier alpha value is -0.990. The van der Waals surface area contributed by atoms with Crippen molar-refractivity contribution in [3.05, 3.63) is 34.5 Å². The van der Waals surface area contributed by atoms with E-state index in [0.717, 1.165) is 28.2 Å². The fourth-order valence-corrected chi connectivity index (χ4v) is 1.87. The van der Waals surface area contributed by atoms with Gasteiger partial charge in [0, 0.05) is 16.0 Å². The van der Waals surface area contributed by atoms with E-state index in [9.17, 15) is 0 Å². The molecule has 3 heteroatoms. The summed E-state index contributed by atoms with van der Waals surface area (Å²) in [4.78, 5) is 0. The van der Waals surface area contributed by atoms with E-state index in [1.807, 2.05) is 25.1 Å². The Bertz CT molecular complexity index is 462. The quantitative estimate of drug-likeness (QED) is 0.826. The second-order valence-electron chi connectivity index (χ2n) is 3.32. The highest BCUT2D eigenvalue weighted by molar-refractivity contribution is 6.31. The highest BCUT2D eigenvalue weighted by atomic mass is 35.5. The SMILES string of the molecule is Cc1oc2ccc(Cl)cc2c1CCN. The Morgan fingerprint density at radius 3 is 2.93 bits per heavy atom. The number of nitrogens with two attached hydrogens (primary N) is 1. The number of benzene rings is 1. The molecule has 2 N–H and O–H groups in total. The zero-order valence-corrected chi connectivity index (χ0v) is 8.77. The summed E-state index contributed by atoms with van der Waals surface area (Å²) in [6, 6.07) is 5.65.